The van der Waals surface area contributed by atoms with Crippen LogP contribution in [0.25, 0.3) is 0 Å². The van der Waals surface area contributed by atoms with Gasteiger partial charge < -0.3 is 31.7 Å². The zero-order valence-corrected chi connectivity index (χ0v) is 24.0. The van der Waals surface area contributed by atoms with Gasteiger partial charge in [-0.25, -0.2) is 14.4 Å². The summed E-state index contributed by atoms with van der Waals surface area (Å²) in [6.45, 7) is 5.95. The number of benzene rings is 2. The zero-order chi connectivity index (χ0) is 32.9. The van der Waals surface area contributed by atoms with Crippen LogP contribution in [0.5, 0.6) is 0 Å². The molecule has 0 bridgehead atoms. The van der Waals surface area contributed by atoms with Gasteiger partial charge in [-0.05, 0) is 49.6 Å². The van der Waals surface area contributed by atoms with Gasteiger partial charge in [0.2, 0.25) is 0 Å². The Morgan fingerprint density at radius 1 is 1.00 bits per heavy atom. The second kappa shape index (κ2) is 16.6. The molecule has 3 aromatic rings. The van der Waals surface area contributed by atoms with E-state index in [-0.39, 0.29) is 11.5 Å². The van der Waals surface area contributed by atoms with E-state index in [1.165, 1.54) is 11.3 Å². The smallest absolute Gasteiger partial charge is 0.479 e. The van der Waals surface area contributed by atoms with Crippen LogP contribution in [0, 0.1) is 13.8 Å². The van der Waals surface area contributed by atoms with E-state index in [2.05, 4.69) is 5.32 Å². The van der Waals surface area contributed by atoms with Gasteiger partial charge in [0.15, 0.2) is 6.04 Å². The van der Waals surface area contributed by atoms with Crippen LogP contribution in [-0.4, -0.2) is 52.7 Å². The normalized spacial score (nSPS) is 11.0. The molecule has 3 rings (SSSR count). The van der Waals surface area contributed by atoms with Crippen molar-refractivity contribution in [2.45, 2.75) is 39.5 Å². The number of ether oxygens (including phenoxy) is 1. The van der Waals surface area contributed by atoms with Crippen molar-refractivity contribution < 1.29 is 52.1 Å². The molecular formula is C28H30F3N3O8S. The van der Waals surface area contributed by atoms with Crippen LogP contribution in [-0.2, 0) is 20.9 Å². The summed E-state index contributed by atoms with van der Waals surface area (Å²) < 4.78 is 36.6. The van der Waals surface area contributed by atoms with Crippen molar-refractivity contribution in [2.75, 3.05) is 6.61 Å². The minimum Gasteiger partial charge on any atom is -0.479 e. The molecule has 15 heteroatoms. The van der Waals surface area contributed by atoms with Crippen molar-refractivity contribution in [3.8, 4) is 0 Å². The minimum atomic E-state index is -5.08. The number of primary amides is 1. The van der Waals surface area contributed by atoms with Crippen LogP contribution in [0.1, 0.15) is 64.9 Å². The Kier molecular flexibility index (Phi) is 14.0. The van der Waals surface area contributed by atoms with Crippen LogP contribution in [0.2, 0.25) is 0 Å². The molecular weight excluding hydrogens is 595 g/mol. The maximum atomic E-state index is 12.2. The summed E-state index contributed by atoms with van der Waals surface area (Å²) in [5.74, 6) is -5.37. The number of esters is 1. The van der Waals surface area contributed by atoms with Crippen molar-refractivity contribution in [1.29, 1.82) is 0 Å². The highest BCUT2D eigenvalue weighted by Crippen LogP contribution is 2.27. The Morgan fingerprint density at radius 3 is 2.05 bits per heavy atom. The number of aryl methyl sites for hydroxylation is 1. The highest BCUT2D eigenvalue weighted by Gasteiger charge is 2.38. The average Bonchev–Trinajstić information content (AvgIpc) is 3.26. The van der Waals surface area contributed by atoms with Gasteiger partial charge in [0, 0.05) is 17.0 Å². The number of carboxylic acids is 2. The summed E-state index contributed by atoms with van der Waals surface area (Å²) in [5, 5.41) is 18.9. The second-order valence-electron chi connectivity index (χ2n) is 8.43. The first-order valence-electron chi connectivity index (χ1n) is 12.3. The zero-order valence-electron chi connectivity index (χ0n) is 23.2. The number of halogens is 3. The van der Waals surface area contributed by atoms with Crippen LogP contribution < -0.4 is 16.8 Å². The molecule has 232 valence electrons. The number of aliphatic carboxylic acids is 2. The first-order valence-corrected chi connectivity index (χ1v) is 13.1. The highest BCUT2D eigenvalue weighted by atomic mass is 32.1. The number of hydrogen-bond donors (Lipinski definition) is 5. The third-order valence-electron chi connectivity index (χ3n) is 5.41. The summed E-state index contributed by atoms with van der Waals surface area (Å²) in [6, 6.07) is 14.3. The third kappa shape index (κ3) is 11.2. The van der Waals surface area contributed by atoms with E-state index in [0.29, 0.717) is 23.2 Å². The number of carbonyl (C=O) groups is 5. The molecule has 0 saturated heterocycles. The van der Waals surface area contributed by atoms with E-state index in [9.17, 15) is 37.5 Å². The standard InChI is InChI=1S/C16H16N2O3.C10H13NO3S.C2HF3O2/c17-10-11-5-4-8-13(9-11)15(19)18-14(16(20)21)12-6-2-1-3-7-12;1-4-14-10(13)7-5(2)6(3)15-8(7)9(11)12;3-2(4,5)1(6)7/h1-9,14H,10,17H2,(H,18,19)(H,20,21);4H2,1-3H3,(H2,11,12);(H,6,7)/t14-;;/m1../s1. The molecule has 1 atom stereocenters. The molecule has 0 aliphatic carbocycles. The predicted octanol–water partition coefficient (Wildman–Crippen LogP) is 3.97. The van der Waals surface area contributed by atoms with Gasteiger partial charge in [-0.3, -0.25) is 9.59 Å². The number of carbonyl (C=O) groups excluding carboxylic acids is 3. The maximum Gasteiger partial charge on any atom is 0.490 e. The van der Waals surface area contributed by atoms with E-state index in [1.807, 2.05) is 13.0 Å². The quantitative estimate of drug-likeness (QED) is 0.230. The Balaban J connectivity index is 0.000000366. The molecule has 1 aromatic heterocycles. The van der Waals surface area contributed by atoms with E-state index in [1.54, 1.807) is 62.4 Å². The third-order valence-corrected chi connectivity index (χ3v) is 6.63. The molecule has 43 heavy (non-hydrogen) atoms. The van der Waals surface area contributed by atoms with E-state index in [0.717, 1.165) is 16.0 Å². The lowest BCUT2D eigenvalue weighted by atomic mass is 10.1. The van der Waals surface area contributed by atoms with E-state index >= 15 is 0 Å². The number of hydrogen-bond acceptors (Lipinski definition) is 8. The monoisotopic (exact) mass is 625 g/mol. The number of carboxylic acid groups (broad SMARTS) is 2. The van der Waals surface area contributed by atoms with Crippen molar-refractivity contribution >= 4 is 41.1 Å². The van der Waals surface area contributed by atoms with Gasteiger partial charge in [0.25, 0.3) is 11.8 Å². The molecule has 1 heterocycles. The summed E-state index contributed by atoms with van der Waals surface area (Å²) >= 11 is 1.23. The largest absolute Gasteiger partial charge is 0.490 e. The lowest BCUT2D eigenvalue weighted by Crippen LogP contribution is -2.33. The summed E-state index contributed by atoms with van der Waals surface area (Å²) in [5.41, 5.74) is 13.5. The van der Waals surface area contributed by atoms with Crippen molar-refractivity contribution in [3.05, 3.63) is 92.2 Å². The fourth-order valence-electron chi connectivity index (χ4n) is 3.24. The SMILES string of the molecule is CCOC(=O)c1c(C(N)=O)sc(C)c1C.NCc1cccc(C(=O)N[C@@H](C(=O)O)c2ccccc2)c1.O=C(O)C(F)(F)F. The average molecular weight is 626 g/mol. The summed E-state index contributed by atoms with van der Waals surface area (Å²) in [6.07, 6.45) is -5.08. The van der Waals surface area contributed by atoms with Crippen LogP contribution >= 0.6 is 11.3 Å². The molecule has 7 N–H and O–H groups in total. The number of thiophene rings is 1. The minimum absolute atomic E-state index is 0.281. The number of rotatable bonds is 8. The lowest BCUT2D eigenvalue weighted by Gasteiger charge is -2.15. The first-order chi connectivity index (χ1) is 20.0. The van der Waals surface area contributed by atoms with Crippen LogP contribution in [0.3, 0.4) is 0 Å². The Bertz CT molecular complexity index is 1440. The number of nitrogens with one attached hydrogen (secondary N) is 1. The second-order valence-corrected chi connectivity index (χ2v) is 9.66. The molecule has 0 unspecified atom stereocenters. The number of nitrogens with two attached hydrogens (primary N) is 2. The topological polar surface area (TPSA) is 199 Å². The molecule has 0 radical (unpaired) electrons. The fraction of sp³-hybridized carbons (Fsp3) is 0.250. The predicted molar refractivity (Wildman–Crippen MR) is 151 cm³/mol. The Labute approximate surface area is 248 Å². The van der Waals surface area contributed by atoms with Gasteiger partial charge in [-0.2, -0.15) is 13.2 Å². The van der Waals surface area contributed by atoms with Crippen molar-refractivity contribution in [3.63, 3.8) is 0 Å². The van der Waals surface area contributed by atoms with Gasteiger partial charge in [-0.15, -0.1) is 11.3 Å². The van der Waals surface area contributed by atoms with Crippen LogP contribution in [0.15, 0.2) is 54.6 Å². The summed E-state index contributed by atoms with van der Waals surface area (Å²) in [4.78, 5) is 56.3. The molecule has 0 saturated carbocycles. The van der Waals surface area contributed by atoms with Crippen molar-refractivity contribution in [2.24, 2.45) is 11.5 Å². The van der Waals surface area contributed by atoms with Gasteiger partial charge in [-0.1, -0.05) is 42.5 Å². The highest BCUT2D eigenvalue weighted by molar-refractivity contribution is 7.14. The maximum absolute atomic E-state index is 12.2. The molecule has 0 fully saturated rings. The van der Waals surface area contributed by atoms with Gasteiger partial charge in [0.05, 0.1) is 12.2 Å². The molecule has 11 nitrogen and oxygen atoms in total. The van der Waals surface area contributed by atoms with Gasteiger partial charge in [0.1, 0.15) is 4.88 Å². The lowest BCUT2D eigenvalue weighted by molar-refractivity contribution is -0.192. The molecule has 0 spiro atoms. The molecule has 0 aliphatic rings. The van der Waals surface area contributed by atoms with Gasteiger partial charge >= 0.3 is 24.1 Å². The number of alkyl halides is 3. The Morgan fingerprint density at radius 2 is 1.58 bits per heavy atom. The molecule has 0 aliphatic heterocycles. The molecule has 2 aromatic carbocycles. The molecule has 2 amide bonds. The fourth-order valence-corrected chi connectivity index (χ4v) is 4.24. The van der Waals surface area contributed by atoms with E-state index < -0.39 is 41.9 Å². The first kappa shape index (κ1) is 36.3. The summed E-state index contributed by atoms with van der Waals surface area (Å²) in [7, 11) is 0. The van der Waals surface area contributed by atoms with E-state index in [4.69, 9.17) is 26.1 Å². The van der Waals surface area contributed by atoms with Crippen molar-refractivity contribution in [1.82, 2.24) is 5.32 Å². The number of amides is 2. The van der Waals surface area contributed by atoms with Crippen LogP contribution in [0.4, 0.5) is 13.2 Å². The Hall–Kier alpha value is -4.76.